The fourth-order valence-corrected chi connectivity index (χ4v) is 2.48. The first kappa shape index (κ1) is 13.4. The standard InChI is InChI=1S/C10H13ClN2O4S/c11-18(15,16)8-4-9(12-6-8)10(14)13-5-7-2-1-3-17-7/h4,6-7,12H,1-3,5H2,(H,13,14). The molecule has 0 aliphatic carbocycles. The molecule has 2 N–H and O–H groups in total. The highest BCUT2D eigenvalue weighted by Gasteiger charge is 2.19. The van der Waals surface area contributed by atoms with Gasteiger partial charge in [-0.3, -0.25) is 4.79 Å². The van der Waals surface area contributed by atoms with Crippen LogP contribution in [-0.4, -0.2) is 38.6 Å². The normalized spacial score (nSPS) is 19.9. The number of H-pyrrole nitrogens is 1. The zero-order chi connectivity index (χ0) is 13.2. The highest BCUT2D eigenvalue weighted by atomic mass is 35.7. The lowest BCUT2D eigenvalue weighted by atomic mass is 10.2. The van der Waals surface area contributed by atoms with Gasteiger partial charge in [-0.2, -0.15) is 0 Å². The van der Waals surface area contributed by atoms with Crippen LogP contribution in [0.1, 0.15) is 23.3 Å². The quantitative estimate of drug-likeness (QED) is 0.805. The minimum atomic E-state index is -3.81. The van der Waals surface area contributed by atoms with Crippen molar-refractivity contribution in [2.45, 2.75) is 23.8 Å². The Balaban J connectivity index is 1.94. The van der Waals surface area contributed by atoms with Crippen LogP contribution in [0.3, 0.4) is 0 Å². The highest BCUT2D eigenvalue weighted by Crippen LogP contribution is 2.16. The van der Waals surface area contributed by atoms with Crippen molar-refractivity contribution in [1.29, 1.82) is 0 Å². The Bertz CT molecular complexity index is 534. The summed E-state index contributed by atoms with van der Waals surface area (Å²) in [6.45, 7) is 1.14. The molecule has 1 saturated heterocycles. The lowest BCUT2D eigenvalue weighted by Gasteiger charge is -2.09. The summed E-state index contributed by atoms with van der Waals surface area (Å²) in [5.74, 6) is -0.378. The van der Waals surface area contributed by atoms with Gasteiger partial charge >= 0.3 is 0 Å². The molecule has 0 saturated carbocycles. The summed E-state index contributed by atoms with van der Waals surface area (Å²) in [5, 5.41) is 2.67. The number of carbonyl (C=O) groups is 1. The molecule has 1 amide bonds. The minimum absolute atomic E-state index is 0.0418. The van der Waals surface area contributed by atoms with E-state index in [9.17, 15) is 13.2 Å². The molecular weight excluding hydrogens is 280 g/mol. The number of carbonyl (C=O) groups excluding carboxylic acids is 1. The second-order valence-electron chi connectivity index (χ2n) is 4.03. The molecule has 1 aromatic rings. The van der Waals surface area contributed by atoms with Gasteiger partial charge in [0.15, 0.2) is 0 Å². The molecule has 2 rings (SSSR count). The van der Waals surface area contributed by atoms with Gasteiger partial charge in [-0.1, -0.05) is 0 Å². The molecule has 1 aromatic heterocycles. The van der Waals surface area contributed by atoms with Crippen molar-refractivity contribution in [3.05, 3.63) is 18.0 Å². The van der Waals surface area contributed by atoms with E-state index >= 15 is 0 Å². The largest absolute Gasteiger partial charge is 0.376 e. The van der Waals surface area contributed by atoms with Crippen molar-refractivity contribution in [2.24, 2.45) is 0 Å². The first-order valence-electron chi connectivity index (χ1n) is 5.50. The molecule has 8 heteroatoms. The Morgan fingerprint density at radius 3 is 2.94 bits per heavy atom. The number of rotatable bonds is 4. The summed E-state index contributed by atoms with van der Waals surface area (Å²) in [4.78, 5) is 14.2. The zero-order valence-corrected chi connectivity index (χ0v) is 11.1. The Hall–Kier alpha value is -1.05. The lowest BCUT2D eigenvalue weighted by Crippen LogP contribution is -2.31. The van der Waals surface area contributed by atoms with Gasteiger partial charge in [0.1, 0.15) is 10.6 Å². The van der Waals surface area contributed by atoms with Crippen LogP contribution in [0, 0.1) is 0 Å². The molecular formula is C10H13ClN2O4S. The van der Waals surface area contributed by atoms with Gasteiger partial charge in [0.2, 0.25) is 0 Å². The number of aromatic nitrogens is 1. The van der Waals surface area contributed by atoms with E-state index in [1.165, 1.54) is 12.3 Å². The van der Waals surface area contributed by atoms with Gasteiger partial charge in [-0.15, -0.1) is 0 Å². The Labute approximate surface area is 109 Å². The maximum Gasteiger partial charge on any atom is 0.267 e. The topological polar surface area (TPSA) is 88.3 Å². The molecule has 1 aliphatic rings. The Morgan fingerprint density at radius 2 is 2.39 bits per heavy atom. The molecule has 0 bridgehead atoms. The maximum atomic E-state index is 11.7. The van der Waals surface area contributed by atoms with Crippen molar-refractivity contribution in [1.82, 2.24) is 10.3 Å². The molecule has 2 heterocycles. The maximum absolute atomic E-state index is 11.7. The smallest absolute Gasteiger partial charge is 0.267 e. The van der Waals surface area contributed by atoms with Crippen molar-refractivity contribution < 1.29 is 17.9 Å². The van der Waals surface area contributed by atoms with Crippen LogP contribution in [0.25, 0.3) is 0 Å². The third-order valence-electron chi connectivity index (χ3n) is 2.70. The van der Waals surface area contributed by atoms with E-state index in [0.717, 1.165) is 19.4 Å². The molecule has 1 fully saturated rings. The van der Waals surface area contributed by atoms with Gasteiger partial charge in [0, 0.05) is 30.0 Å². The van der Waals surface area contributed by atoms with Crippen molar-refractivity contribution in [3.63, 3.8) is 0 Å². The van der Waals surface area contributed by atoms with Gasteiger partial charge in [0.25, 0.3) is 15.0 Å². The number of amides is 1. The number of ether oxygens (including phenoxy) is 1. The second-order valence-corrected chi connectivity index (χ2v) is 6.60. The second kappa shape index (κ2) is 5.29. The van der Waals surface area contributed by atoms with Crippen LogP contribution in [0.15, 0.2) is 17.2 Å². The van der Waals surface area contributed by atoms with Gasteiger partial charge in [-0.25, -0.2) is 8.42 Å². The number of aromatic amines is 1. The SMILES string of the molecule is O=C(NCC1CCCO1)c1cc(S(=O)(=O)Cl)c[nH]1. The number of hydrogen-bond donors (Lipinski definition) is 2. The fraction of sp³-hybridized carbons (Fsp3) is 0.500. The molecule has 1 unspecified atom stereocenters. The van der Waals surface area contributed by atoms with Crippen molar-refractivity contribution >= 4 is 25.6 Å². The predicted octanol–water partition coefficient (Wildman–Crippen LogP) is 0.851. The third kappa shape index (κ3) is 3.24. The molecule has 18 heavy (non-hydrogen) atoms. The predicted molar refractivity (Wildman–Crippen MR) is 65.1 cm³/mol. The first-order valence-corrected chi connectivity index (χ1v) is 7.80. The van der Waals surface area contributed by atoms with E-state index in [0.29, 0.717) is 6.54 Å². The summed E-state index contributed by atoms with van der Waals surface area (Å²) in [7, 11) is 1.35. The van der Waals surface area contributed by atoms with Crippen LogP contribution >= 0.6 is 10.7 Å². The van der Waals surface area contributed by atoms with Crippen LogP contribution in [-0.2, 0) is 13.8 Å². The minimum Gasteiger partial charge on any atom is -0.376 e. The van der Waals surface area contributed by atoms with E-state index in [2.05, 4.69) is 10.3 Å². The van der Waals surface area contributed by atoms with Crippen LogP contribution in [0.2, 0.25) is 0 Å². The summed E-state index contributed by atoms with van der Waals surface area (Å²) in [6, 6.07) is 1.20. The van der Waals surface area contributed by atoms with E-state index in [1.807, 2.05) is 0 Å². The lowest BCUT2D eigenvalue weighted by molar-refractivity contribution is 0.0854. The van der Waals surface area contributed by atoms with Crippen molar-refractivity contribution in [2.75, 3.05) is 13.2 Å². The molecule has 0 spiro atoms. The van der Waals surface area contributed by atoms with E-state index in [-0.39, 0.29) is 22.6 Å². The van der Waals surface area contributed by atoms with Crippen LogP contribution in [0.5, 0.6) is 0 Å². The molecule has 1 aliphatic heterocycles. The van der Waals surface area contributed by atoms with Crippen molar-refractivity contribution in [3.8, 4) is 0 Å². The fourth-order valence-electron chi connectivity index (χ4n) is 1.75. The summed E-state index contributed by atoms with van der Waals surface area (Å²) in [6.07, 6.45) is 3.15. The first-order chi connectivity index (χ1) is 8.47. The monoisotopic (exact) mass is 292 g/mol. The number of halogens is 1. The molecule has 0 radical (unpaired) electrons. The number of nitrogens with one attached hydrogen (secondary N) is 2. The number of hydrogen-bond acceptors (Lipinski definition) is 4. The Morgan fingerprint density at radius 1 is 1.61 bits per heavy atom. The van der Waals surface area contributed by atoms with Gasteiger partial charge in [0.05, 0.1) is 6.10 Å². The average Bonchev–Trinajstić information content (AvgIpc) is 2.96. The summed E-state index contributed by atoms with van der Waals surface area (Å²) in [5.41, 5.74) is 0.159. The zero-order valence-electron chi connectivity index (χ0n) is 9.48. The average molecular weight is 293 g/mol. The van der Waals surface area contributed by atoms with E-state index in [1.54, 1.807) is 0 Å². The van der Waals surface area contributed by atoms with E-state index < -0.39 is 9.05 Å². The summed E-state index contributed by atoms with van der Waals surface area (Å²) >= 11 is 0. The molecule has 1 atom stereocenters. The molecule has 100 valence electrons. The van der Waals surface area contributed by atoms with Gasteiger partial charge in [-0.05, 0) is 18.9 Å². The van der Waals surface area contributed by atoms with E-state index in [4.69, 9.17) is 15.4 Å². The van der Waals surface area contributed by atoms with Crippen LogP contribution < -0.4 is 5.32 Å². The highest BCUT2D eigenvalue weighted by molar-refractivity contribution is 8.13. The molecule has 0 aromatic carbocycles. The third-order valence-corrected chi connectivity index (χ3v) is 4.03. The Kier molecular flexibility index (Phi) is 3.94. The van der Waals surface area contributed by atoms with Gasteiger partial charge < -0.3 is 15.0 Å². The molecule has 6 nitrogen and oxygen atoms in total. The van der Waals surface area contributed by atoms with Crippen LogP contribution in [0.4, 0.5) is 0 Å². The summed E-state index contributed by atoms with van der Waals surface area (Å²) < 4.78 is 27.4.